The lowest BCUT2D eigenvalue weighted by Gasteiger charge is -2.08. The van der Waals surface area contributed by atoms with Crippen molar-refractivity contribution in [3.05, 3.63) is 23.5 Å². The number of aromatic carboxylic acids is 1. The Labute approximate surface area is 79.0 Å². The Kier molecular flexibility index (Phi) is 2.86. The van der Waals surface area contributed by atoms with Gasteiger partial charge < -0.3 is 20.3 Å². The fourth-order valence-corrected chi connectivity index (χ4v) is 0.958. The number of hydrogen-bond donors (Lipinski definition) is 4. The molecule has 0 bridgehead atoms. The van der Waals surface area contributed by atoms with E-state index in [-0.39, 0.29) is 11.3 Å². The highest BCUT2D eigenvalue weighted by molar-refractivity contribution is 5.85. The van der Waals surface area contributed by atoms with Gasteiger partial charge in [0.1, 0.15) is 11.8 Å². The van der Waals surface area contributed by atoms with Gasteiger partial charge in [-0.2, -0.15) is 5.26 Å². The lowest BCUT2D eigenvalue weighted by Crippen LogP contribution is -2.15. The van der Waals surface area contributed by atoms with Crippen molar-refractivity contribution in [1.29, 1.82) is 5.26 Å². The van der Waals surface area contributed by atoms with Crippen molar-refractivity contribution in [3.63, 3.8) is 0 Å². The number of hydrogen-bond acceptors (Lipinski definition) is 4. The quantitative estimate of drug-likeness (QED) is 0.492. The van der Waals surface area contributed by atoms with Gasteiger partial charge in [0.05, 0.1) is 6.07 Å². The Balaban J connectivity index is 2.87. The number of nitriles is 1. The van der Waals surface area contributed by atoms with Gasteiger partial charge >= 0.3 is 5.97 Å². The van der Waals surface area contributed by atoms with Crippen molar-refractivity contribution in [3.8, 4) is 6.07 Å². The second-order valence-corrected chi connectivity index (χ2v) is 2.67. The standard InChI is InChI=1S/C8H8N2O4/c9-2-6(11)7(12)4-1-5(8(13)14)10-3-4/h1,3,6-7,10-12H,(H,13,14). The summed E-state index contributed by atoms with van der Waals surface area (Å²) in [4.78, 5) is 12.8. The van der Waals surface area contributed by atoms with Crippen molar-refractivity contribution in [2.24, 2.45) is 0 Å². The zero-order chi connectivity index (χ0) is 10.7. The van der Waals surface area contributed by atoms with Crippen LogP contribution in [0.1, 0.15) is 22.2 Å². The van der Waals surface area contributed by atoms with E-state index >= 15 is 0 Å². The summed E-state index contributed by atoms with van der Waals surface area (Å²) in [7, 11) is 0. The third-order valence-corrected chi connectivity index (χ3v) is 1.71. The second kappa shape index (κ2) is 3.91. The lowest BCUT2D eigenvalue weighted by atomic mass is 10.1. The summed E-state index contributed by atoms with van der Waals surface area (Å²) in [5.74, 6) is -1.17. The number of rotatable bonds is 3. The molecule has 0 aliphatic carbocycles. The minimum absolute atomic E-state index is 0.107. The van der Waals surface area contributed by atoms with Gasteiger partial charge in [-0.1, -0.05) is 0 Å². The van der Waals surface area contributed by atoms with Gasteiger partial charge in [-0.05, 0) is 6.07 Å². The largest absolute Gasteiger partial charge is 0.477 e. The number of nitrogens with one attached hydrogen (secondary N) is 1. The van der Waals surface area contributed by atoms with Crippen LogP contribution in [0, 0.1) is 11.3 Å². The van der Waals surface area contributed by atoms with Gasteiger partial charge in [0.15, 0.2) is 6.10 Å². The molecule has 0 spiro atoms. The van der Waals surface area contributed by atoms with Crippen LogP contribution < -0.4 is 0 Å². The fourth-order valence-electron chi connectivity index (χ4n) is 0.958. The average Bonchev–Trinajstić information content (AvgIpc) is 2.64. The van der Waals surface area contributed by atoms with Crippen LogP contribution in [0.5, 0.6) is 0 Å². The zero-order valence-corrected chi connectivity index (χ0v) is 7.01. The Bertz CT molecular complexity index is 379. The lowest BCUT2D eigenvalue weighted by molar-refractivity contribution is 0.0528. The molecule has 0 amide bonds. The first-order chi connectivity index (χ1) is 6.56. The molecule has 2 atom stereocenters. The molecule has 2 unspecified atom stereocenters. The van der Waals surface area contributed by atoms with E-state index in [1.165, 1.54) is 12.3 Å². The van der Waals surface area contributed by atoms with E-state index in [1.54, 1.807) is 0 Å². The average molecular weight is 196 g/mol. The Morgan fingerprint density at radius 1 is 1.57 bits per heavy atom. The number of carboxylic acids is 1. The van der Waals surface area contributed by atoms with Gasteiger partial charge in [0, 0.05) is 11.8 Å². The van der Waals surface area contributed by atoms with Crippen molar-refractivity contribution in [1.82, 2.24) is 4.98 Å². The first-order valence-corrected chi connectivity index (χ1v) is 3.73. The molecule has 0 saturated heterocycles. The van der Waals surface area contributed by atoms with Crippen LogP contribution in [-0.4, -0.2) is 32.4 Å². The SMILES string of the molecule is N#CC(O)C(O)c1c[nH]c(C(=O)O)c1. The number of H-pyrrole nitrogens is 1. The highest BCUT2D eigenvalue weighted by Crippen LogP contribution is 2.17. The molecule has 0 aliphatic heterocycles. The molecule has 1 aromatic heterocycles. The summed E-state index contributed by atoms with van der Waals surface area (Å²) in [6.45, 7) is 0. The number of nitrogens with zero attached hydrogens (tertiary/aromatic N) is 1. The van der Waals surface area contributed by atoms with Crippen LogP contribution in [0.15, 0.2) is 12.3 Å². The number of aromatic amines is 1. The number of carbonyl (C=O) groups is 1. The maximum absolute atomic E-state index is 10.4. The highest BCUT2D eigenvalue weighted by atomic mass is 16.4. The third kappa shape index (κ3) is 1.90. The second-order valence-electron chi connectivity index (χ2n) is 2.67. The van der Waals surface area contributed by atoms with E-state index < -0.39 is 18.2 Å². The van der Waals surface area contributed by atoms with Gasteiger partial charge in [-0.25, -0.2) is 4.79 Å². The van der Waals surface area contributed by atoms with E-state index in [0.717, 1.165) is 6.07 Å². The summed E-state index contributed by atoms with van der Waals surface area (Å²) >= 11 is 0. The molecule has 1 rings (SSSR count). The minimum Gasteiger partial charge on any atom is -0.477 e. The predicted octanol–water partition coefficient (Wildman–Crippen LogP) is -0.369. The van der Waals surface area contributed by atoms with Crippen molar-refractivity contribution in [2.45, 2.75) is 12.2 Å². The Hall–Kier alpha value is -1.84. The van der Waals surface area contributed by atoms with Crippen molar-refractivity contribution >= 4 is 5.97 Å². The third-order valence-electron chi connectivity index (χ3n) is 1.71. The molecule has 6 heteroatoms. The molecular weight excluding hydrogens is 188 g/mol. The van der Waals surface area contributed by atoms with E-state index in [9.17, 15) is 9.90 Å². The zero-order valence-electron chi connectivity index (χ0n) is 7.01. The fraction of sp³-hybridized carbons (Fsp3) is 0.250. The highest BCUT2D eigenvalue weighted by Gasteiger charge is 2.19. The van der Waals surface area contributed by atoms with Crippen molar-refractivity contribution in [2.75, 3.05) is 0 Å². The van der Waals surface area contributed by atoms with Gasteiger partial charge in [-0.3, -0.25) is 0 Å². The van der Waals surface area contributed by atoms with Crippen LogP contribution in [0.25, 0.3) is 0 Å². The normalized spacial score (nSPS) is 14.4. The summed E-state index contributed by atoms with van der Waals surface area (Å²) in [6.07, 6.45) is -1.73. The monoisotopic (exact) mass is 196 g/mol. The summed E-state index contributed by atoms with van der Waals surface area (Å²) < 4.78 is 0. The van der Waals surface area contributed by atoms with Gasteiger partial charge in [0.2, 0.25) is 0 Å². The van der Waals surface area contributed by atoms with Gasteiger partial charge in [0.25, 0.3) is 0 Å². The number of aliphatic hydroxyl groups excluding tert-OH is 2. The van der Waals surface area contributed by atoms with Crippen LogP contribution in [0.2, 0.25) is 0 Å². The molecule has 0 fully saturated rings. The van der Waals surface area contributed by atoms with Gasteiger partial charge in [-0.15, -0.1) is 0 Å². The minimum atomic E-state index is -1.56. The van der Waals surface area contributed by atoms with E-state index in [2.05, 4.69) is 4.98 Å². The molecule has 4 N–H and O–H groups in total. The van der Waals surface area contributed by atoms with E-state index in [1.807, 2.05) is 0 Å². The molecule has 0 saturated carbocycles. The number of aromatic nitrogens is 1. The molecule has 0 aliphatic rings. The molecular formula is C8H8N2O4. The number of carboxylic acid groups (broad SMARTS) is 1. The van der Waals surface area contributed by atoms with Crippen LogP contribution in [0.3, 0.4) is 0 Å². The van der Waals surface area contributed by atoms with Crippen LogP contribution >= 0.6 is 0 Å². The summed E-state index contributed by atoms with van der Waals surface area (Å²) in [6, 6.07) is 2.61. The van der Waals surface area contributed by atoms with Crippen LogP contribution in [0.4, 0.5) is 0 Å². The predicted molar refractivity (Wildman–Crippen MR) is 44.3 cm³/mol. The Morgan fingerprint density at radius 3 is 2.64 bits per heavy atom. The smallest absolute Gasteiger partial charge is 0.352 e. The topological polar surface area (TPSA) is 117 Å². The maximum Gasteiger partial charge on any atom is 0.352 e. The summed E-state index contributed by atoms with van der Waals surface area (Å²) in [5.41, 5.74) is 0.0561. The van der Waals surface area contributed by atoms with E-state index in [4.69, 9.17) is 15.5 Å². The van der Waals surface area contributed by atoms with E-state index in [0.29, 0.717) is 0 Å². The molecule has 0 aromatic carbocycles. The molecule has 1 heterocycles. The number of aliphatic hydroxyl groups is 2. The first-order valence-electron chi connectivity index (χ1n) is 3.73. The van der Waals surface area contributed by atoms with Crippen LogP contribution in [-0.2, 0) is 0 Å². The maximum atomic E-state index is 10.4. The summed E-state index contributed by atoms with van der Waals surface area (Å²) in [5, 5.41) is 35.1. The van der Waals surface area contributed by atoms with Crippen molar-refractivity contribution < 1.29 is 20.1 Å². The molecule has 14 heavy (non-hydrogen) atoms. The Morgan fingerprint density at radius 2 is 2.21 bits per heavy atom. The molecule has 1 aromatic rings. The first kappa shape index (κ1) is 10.2. The molecule has 6 nitrogen and oxygen atoms in total. The molecule has 0 radical (unpaired) electrons. The molecule has 74 valence electrons.